The van der Waals surface area contributed by atoms with Gasteiger partial charge in [-0.25, -0.2) is 4.39 Å². The van der Waals surface area contributed by atoms with Crippen molar-refractivity contribution in [3.8, 4) is 5.75 Å². The lowest BCUT2D eigenvalue weighted by atomic mass is 10.0. The summed E-state index contributed by atoms with van der Waals surface area (Å²) in [5, 5.41) is 4.82. The minimum absolute atomic E-state index is 0.0768. The van der Waals surface area contributed by atoms with E-state index < -0.39 is 5.82 Å². The smallest absolute Gasteiger partial charge is 0.251 e. The number of thiophene rings is 1. The van der Waals surface area contributed by atoms with E-state index in [9.17, 15) is 9.18 Å². The summed E-state index contributed by atoms with van der Waals surface area (Å²) >= 11 is 1.60. The number of methoxy groups -OCH3 is 1. The van der Waals surface area contributed by atoms with Crippen LogP contribution >= 0.6 is 11.3 Å². The van der Waals surface area contributed by atoms with Crippen molar-refractivity contribution < 1.29 is 18.3 Å². The Kier molecular flexibility index (Phi) is 4.96. The normalized spacial score (nSPS) is 11.9. The molecule has 1 aromatic carbocycles. The first-order chi connectivity index (χ1) is 11.7. The Bertz CT molecular complexity index is 766. The van der Waals surface area contributed by atoms with Gasteiger partial charge < -0.3 is 14.5 Å². The number of halogens is 1. The molecule has 24 heavy (non-hydrogen) atoms. The Morgan fingerprint density at radius 1 is 1.33 bits per heavy atom. The van der Waals surface area contributed by atoms with E-state index in [1.807, 2.05) is 29.6 Å². The fourth-order valence-electron chi connectivity index (χ4n) is 2.42. The van der Waals surface area contributed by atoms with Gasteiger partial charge in [-0.2, -0.15) is 0 Å². The van der Waals surface area contributed by atoms with Gasteiger partial charge >= 0.3 is 0 Å². The number of benzene rings is 1. The van der Waals surface area contributed by atoms with Crippen molar-refractivity contribution in [1.29, 1.82) is 0 Å². The summed E-state index contributed by atoms with van der Waals surface area (Å²) in [5.74, 6) is -0.0973. The summed E-state index contributed by atoms with van der Waals surface area (Å²) < 4.78 is 24.1. The van der Waals surface area contributed by atoms with E-state index in [4.69, 9.17) is 9.15 Å². The minimum atomic E-state index is -0.564. The van der Waals surface area contributed by atoms with Crippen LogP contribution in [-0.2, 0) is 0 Å². The summed E-state index contributed by atoms with van der Waals surface area (Å²) in [6.45, 7) is 0.362. The van der Waals surface area contributed by atoms with Crippen molar-refractivity contribution in [3.63, 3.8) is 0 Å². The molecule has 0 unspecified atom stereocenters. The van der Waals surface area contributed by atoms with Gasteiger partial charge in [-0.05, 0) is 41.8 Å². The third-order valence-electron chi connectivity index (χ3n) is 3.65. The number of carbonyl (C=O) groups excluding carboxylic acids is 1. The highest BCUT2D eigenvalue weighted by Crippen LogP contribution is 2.28. The summed E-state index contributed by atoms with van der Waals surface area (Å²) in [4.78, 5) is 13.4. The predicted molar refractivity (Wildman–Crippen MR) is 90.2 cm³/mol. The minimum Gasteiger partial charge on any atom is -0.494 e. The molecule has 0 radical (unpaired) electrons. The maximum Gasteiger partial charge on any atom is 0.251 e. The molecule has 2 aromatic heterocycles. The largest absolute Gasteiger partial charge is 0.494 e. The molecule has 0 fully saturated rings. The van der Waals surface area contributed by atoms with Crippen LogP contribution in [0, 0.1) is 5.82 Å². The first-order valence-corrected chi connectivity index (χ1v) is 8.25. The number of furan rings is 1. The zero-order valence-electron chi connectivity index (χ0n) is 13.0. The van der Waals surface area contributed by atoms with Gasteiger partial charge in [0.1, 0.15) is 5.76 Å². The topological polar surface area (TPSA) is 51.5 Å². The number of ether oxygens (including phenoxy) is 1. The van der Waals surface area contributed by atoms with Crippen LogP contribution in [0.4, 0.5) is 4.39 Å². The molecule has 6 heteroatoms. The molecule has 0 aliphatic heterocycles. The Hall–Kier alpha value is -2.60. The second-order valence-corrected chi connectivity index (χ2v) is 6.12. The van der Waals surface area contributed by atoms with Gasteiger partial charge in [0.25, 0.3) is 5.91 Å². The lowest BCUT2D eigenvalue weighted by Crippen LogP contribution is -2.28. The van der Waals surface area contributed by atoms with Crippen LogP contribution in [0.2, 0.25) is 0 Å². The van der Waals surface area contributed by atoms with Crippen LogP contribution < -0.4 is 10.1 Å². The number of amides is 1. The van der Waals surface area contributed by atoms with Gasteiger partial charge in [0.05, 0.1) is 19.3 Å². The fraction of sp³-hybridized carbons (Fsp3) is 0.167. The van der Waals surface area contributed by atoms with E-state index in [1.165, 1.54) is 25.3 Å². The average Bonchev–Trinajstić information content (AvgIpc) is 3.29. The molecule has 0 bridgehead atoms. The van der Waals surface area contributed by atoms with Crippen LogP contribution in [0.3, 0.4) is 0 Å². The molecule has 1 atom stereocenters. The highest BCUT2D eigenvalue weighted by molar-refractivity contribution is 7.10. The van der Waals surface area contributed by atoms with Gasteiger partial charge in [-0.1, -0.05) is 6.07 Å². The zero-order chi connectivity index (χ0) is 16.9. The molecule has 0 aliphatic carbocycles. The van der Waals surface area contributed by atoms with Crippen LogP contribution in [0.5, 0.6) is 5.75 Å². The molecule has 0 saturated carbocycles. The van der Waals surface area contributed by atoms with Gasteiger partial charge in [0, 0.05) is 17.0 Å². The quantitative estimate of drug-likeness (QED) is 0.733. The molecule has 2 heterocycles. The Morgan fingerprint density at radius 2 is 2.21 bits per heavy atom. The van der Waals surface area contributed by atoms with Crippen molar-refractivity contribution in [3.05, 3.63) is 76.1 Å². The van der Waals surface area contributed by atoms with Crippen molar-refractivity contribution in [2.75, 3.05) is 13.7 Å². The van der Waals surface area contributed by atoms with Crippen LogP contribution in [0.1, 0.15) is 26.9 Å². The molecule has 0 saturated heterocycles. The lowest BCUT2D eigenvalue weighted by Gasteiger charge is -2.14. The van der Waals surface area contributed by atoms with E-state index in [-0.39, 0.29) is 23.1 Å². The molecule has 124 valence electrons. The van der Waals surface area contributed by atoms with Crippen LogP contribution in [0.15, 0.2) is 58.5 Å². The maximum atomic E-state index is 13.7. The standard InChI is InChI=1S/C18H16FNO3S/c1-22-16-7-6-12(10-14(16)19)18(21)20-11-13(15-4-2-8-23-15)17-5-3-9-24-17/h2-10,13H,11H2,1H3,(H,20,21)/t13-/m0/s1. The van der Waals surface area contributed by atoms with Crippen molar-refractivity contribution >= 4 is 17.2 Å². The zero-order valence-corrected chi connectivity index (χ0v) is 13.8. The molecule has 4 nitrogen and oxygen atoms in total. The molecule has 3 aromatic rings. The van der Waals surface area contributed by atoms with E-state index in [1.54, 1.807) is 17.6 Å². The van der Waals surface area contributed by atoms with E-state index in [2.05, 4.69) is 5.32 Å². The van der Waals surface area contributed by atoms with Crippen molar-refractivity contribution in [2.45, 2.75) is 5.92 Å². The monoisotopic (exact) mass is 345 g/mol. The first-order valence-electron chi connectivity index (χ1n) is 7.37. The second kappa shape index (κ2) is 7.31. The molecule has 1 N–H and O–H groups in total. The van der Waals surface area contributed by atoms with Gasteiger partial charge in [-0.15, -0.1) is 11.3 Å². The molecule has 1 amide bonds. The van der Waals surface area contributed by atoms with Crippen molar-refractivity contribution in [2.24, 2.45) is 0 Å². The van der Waals surface area contributed by atoms with Gasteiger partial charge in [0.2, 0.25) is 0 Å². The molecular weight excluding hydrogens is 329 g/mol. The van der Waals surface area contributed by atoms with E-state index in [0.717, 1.165) is 10.6 Å². The van der Waals surface area contributed by atoms with Gasteiger partial charge in [0.15, 0.2) is 11.6 Å². The third kappa shape index (κ3) is 3.49. The molecular formula is C18H16FNO3S. The van der Waals surface area contributed by atoms with Crippen LogP contribution in [-0.4, -0.2) is 19.6 Å². The Morgan fingerprint density at radius 3 is 2.83 bits per heavy atom. The third-order valence-corrected chi connectivity index (χ3v) is 4.64. The van der Waals surface area contributed by atoms with E-state index >= 15 is 0 Å². The van der Waals surface area contributed by atoms with Crippen LogP contribution in [0.25, 0.3) is 0 Å². The summed E-state index contributed by atoms with van der Waals surface area (Å²) in [5.41, 5.74) is 0.248. The summed E-state index contributed by atoms with van der Waals surface area (Å²) in [6, 6.07) is 11.8. The number of hydrogen-bond acceptors (Lipinski definition) is 4. The lowest BCUT2D eigenvalue weighted by molar-refractivity contribution is 0.0951. The second-order valence-electron chi connectivity index (χ2n) is 5.14. The number of nitrogens with one attached hydrogen (secondary N) is 1. The van der Waals surface area contributed by atoms with Crippen molar-refractivity contribution in [1.82, 2.24) is 5.32 Å². The molecule has 3 rings (SSSR count). The Labute approximate surface area is 142 Å². The van der Waals surface area contributed by atoms with Gasteiger partial charge in [-0.3, -0.25) is 4.79 Å². The summed E-state index contributed by atoms with van der Waals surface area (Å²) in [6.07, 6.45) is 1.61. The predicted octanol–water partition coefficient (Wildman–Crippen LogP) is 4.05. The number of carbonyl (C=O) groups is 1. The maximum absolute atomic E-state index is 13.7. The first kappa shape index (κ1) is 16.3. The SMILES string of the molecule is COc1ccc(C(=O)NC[C@@H](c2ccco2)c2cccs2)cc1F. The fourth-order valence-corrected chi connectivity index (χ4v) is 3.26. The van der Waals surface area contributed by atoms with E-state index in [0.29, 0.717) is 6.54 Å². The number of hydrogen-bond donors (Lipinski definition) is 1. The molecule has 0 aliphatic rings. The number of rotatable bonds is 6. The highest BCUT2D eigenvalue weighted by Gasteiger charge is 2.19. The Balaban J connectivity index is 1.73. The average molecular weight is 345 g/mol. The molecule has 0 spiro atoms. The summed E-state index contributed by atoms with van der Waals surface area (Å²) in [7, 11) is 1.38. The highest BCUT2D eigenvalue weighted by atomic mass is 32.1.